The Balaban J connectivity index is 2.40. The Morgan fingerprint density at radius 3 is 2.47 bits per heavy atom. The fourth-order valence-electron chi connectivity index (χ4n) is 2.71. The van der Waals surface area contributed by atoms with Crippen LogP contribution in [0, 0.1) is 13.8 Å². The number of benzene rings is 1. The molecule has 0 spiro atoms. The minimum Gasteiger partial charge on any atom is -0.504 e. The van der Waals surface area contributed by atoms with E-state index in [2.05, 4.69) is 12.2 Å². The van der Waals surface area contributed by atoms with E-state index in [0.29, 0.717) is 11.7 Å². The van der Waals surface area contributed by atoms with Crippen molar-refractivity contribution in [3.63, 3.8) is 0 Å². The average molecular weight is 235 g/mol. The normalized spacial score (nSPS) is 17.1. The van der Waals surface area contributed by atoms with Crippen molar-refractivity contribution < 1.29 is 9.84 Å². The summed E-state index contributed by atoms with van der Waals surface area (Å²) in [6.07, 6.45) is 2.29. The van der Waals surface area contributed by atoms with Gasteiger partial charge < -0.3 is 15.2 Å². The zero-order valence-corrected chi connectivity index (χ0v) is 10.8. The van der Waals surface area contributed by atoms with Crippen LogP contribution >= 0.6 is 0 Å². The molecule has 1 fully saturated rings. The van der Waals surface area contributed by atoms with E-state index in [0.717, 1.165) is 31.5 Å². The van der Waals surface area contributed by atoms with Gasteiger partial charge in [-0.25, -0.2) is 0 Å². The molecule has 0 aliphatic carbocycles. The summed E-state index contributed by atoms with van der Waals surface area (Å²) in [6.45, 7) is 6.26. The number of hydrogen-bond acceptors (Lipinski definition) is 3. The minimum atomic E-state index is 0.268. The predicted molar refractivity (Wildman–Crippen MR) is 69.0 cm³/mol. The molecule has 1 aliphatic rings. The Bertz CT molecular complexity index is 409. The van der Waals surface area contributed by atoms with E-state index < -0.39 is 0 Å². The van der Waals surface area contributed by atoms with E-state index in [-0.39, 0.29) is 5.75 Å². The van der Waals surface area contributed by atoms with Crippen molar-refractivity contribution in [2.45, 2.75) is 32.6 Å². The molecule has 2 rings (SSSR count). The van der Waals surface area contributed by atoms with E-state index in [9.17, 15) is 5.11 Å². The quantitative estimate of drug-likeness (QED) is 0.827. The lowest BCUT2D eigenvalue weighted by molar-refractivity contribution is 0.368. The van der Waals surface area contributed by atoms with Gasteiger partial charge in [-0.05, 0) is 68.5 Å². The van der Waals surface area contributed by atoms with Gasteiger partial charge in [-0.3, -0.25) is 0 Å². The van der Waals surface area contributed by atoms with Crippen LogP contribution in [0.1, 0.15) is 35.4 Å². The summed E-state index contributed by atoms with van der Waals surface area (Å²) in [5.74, 6) is 1.44. The lowest BCUT2D eigenvalue weighted by atomic mass is 9.85. The van der Waals surface area contributed by atoms with Crippen LogP contribution in [0.5, 0.6) is 11.5 Å². The van der Waals surface area contributed by atoms with Gasteiger partial charge in [0.2, 0.25) is 0 Å². The minimum absolute atomic E-state index is 0.268. The molecule has 94 valence electrons. The zero-order valence-electron chi connectivity index (χ0n) is 10.8. The topological polar surface area (TPSA) is 41.5 Å². The number of piperidine rings is 1. The molecule has 1 saturated heterocycles. The van der Waals surface area contributed by atoms with Crippen LogP contribution in [0.25, 0.3) is 0 Å². The van der Waals surface area contributed by atoms with E-state index in [1.54, 1.807) is 7.11 Å². The lowest BCUT2D eigenvalue weighted by Gasteiger charge is -2.26. The second-order valence-corrected chi connectivity index (χ2v) is 4.79. The van der Waals surface area contributed by atoms with E-state index in [1.165, 1.54) is 11.1 Å². The third-order valence-corrected chi connectivity index (χ3v) is 3.84. The van der Waals surface area contributed by atoms with Gasteiger partial charge in [0.15, 0.2) is 11.5 Å². The van der Waals surface area contributed by atoms with Gasteiger partial charge in [0.05, 0.1) is 7.11 Å². The largest absolute Gasteiger partial charge is 0.504 e. The Morgan fingerprint density at radius 2 is 1.88 bits per heavy atom. The number of aromatic hydroxyl groups is 1. The molecule has 17 heavy (non-hydrogen) atoms. The molecule has 3 heteroatoms. The number of ether oxygens (including phenoxy) is 1. The number of rotatable bonds is 2. The first-order valence-electron chi connectivity index (χ1n) is 6.23. The molecule has 1 aromatic carbocycles. The Morgan fingerprint density at radius 1 is 1.24 bits per heavy atom. The molecule has 0 radical (unpaired) electrons. The third kappa shape index (κ3) is 2.25. The maximum Gasteiger partial charge on any atom is 0.163 e. The molecular formula is C14H21NO2. The molecule has 1 aliphatic heterocycles. The first-order chi connectivity index (χ1) is 8.15. The Hall–Kier alpha value is -1.22. The summed E-state index contributed by atoms with van der Waals surface area (Å²) in [7, 11) is 1.60. The van der Waals surface area contributed by atoms with Crippen molar-refractivity contribution in [3.8, 4) is 11.5 Å². The van der Waals surface area contributed by atoms with Crippen molar-refractivity contribution >= 4 is 0 Å². The number of phenolic OH excluding ortho intramolecular Hbond substituents is 1. The van der Waals surface area contributed by atoms with Crippen molar-refractivity contribution in [2.24, 2.45) is 0 Å². The second-order valence-electron chi connectivity index (χ2n) is 4.79. The van der Waals surface area contributed by atoms with Crippen LogP contribution in [0.2, 0.25) is 0 Å². The molecule has 1 aromatic rings. The van der Waals surface area contributed by atoms with Gasteiger partial charge in [-0.15, -0.1) is 0 Å². The fourth-order valence-corrected chi connectivity index (χ4v) is 2.71. The molecule has 0 atom stereocenters. The van der Waals surface area contributed by atoms with Crippen molar-refractivity contribution in [3.05, 3.63) is 22.8 Å². The number of hydrogen-bond donors (Lipinski definition) is 2. The highest BCUT2D eigenvalue weighted by Gasteiger charge is 2.21. The van der Waals surface area contributed by atoms with Crippen molar-refractivity contribution in [2.75, 3.05) is 20.2 Å². The predicted octanol–water partition coefficient (Wildman–Crippen LogP) is 2.48. The summed E-state index contributed by atoms with van der Waals surface area (Å²) in [5.41, 5.74) is 3.59. The van der Waals surface area contributed by atoms with Gasteiger partial charge in [-0.1, -0.05) is 0 Å². The van der Waals surface area contributed by atoms with Crippen LogP contribution in [-0.4, -0.2) is 25.3 Å². The first kappa shape index (κ1) is 12.2. The second kappa shape index (κ2) is 4.96. The molecule has 0 amide bonds. The van der Waals surface area contributed by atoms with Crippen LogP contribution in [0.4, 0.5) is 0 Å². The molecular weight excluding hydrogens is 214 g/mol. The van der Waals surface area contributed by atoms with Crippen LogP contribution in [-0.2, 0) is 0 Å². The Kier molecular flexibility index (Phi) is 3.57. The van der Waals surface area contributed by atoms with Crippen molar-refractivity contribution in [1.29, 1.82) is 0 Å². The highest BCUT2D eigenvalue weighted by atomic mass is 16.5. The summed E-state index contributed by atoms with van der Waals surface area (Å²) in [4.78, 5) is 0. The summed E-state index contributed by atoms with van der Waals surface area (Å²) >= 11 is 0. The van der Waals surface area contributed by atoms with E-state index in [4.69, 9.17) is 4.74 Å². The smallest absolute Gasteiger partial charge is 0.163 e. The van der Waals surface area contributed by atoms with Crippen LogP contribution < -0.4 is 10.1 Å². The number of nitrogens with one attached hydrogen (secondary N) is 1. The highest BCUT2D eigenvalue weighted by molar-refractivity contribution is 5.53. The van der Waals surface area contributed by atoms with Gasteiger partial charge in [0.25, 0.3) is 0 Å². The van der Waals surface area contributed by atoms with E-state index in [1.807, 2.05) is 13.0 Å². The molecule has 2 N–H and O–H groups in total. The van der Waals surface area contributed by atoms with Gasteiger partial charge in [-0.2, -0.15) is 0 Å². The van der Waals surface area contributed by atoms with Crippen molar-refractivity contribution in [1.82, 2.24) is 5.32 Å². The third-order valence-electron chi connectivity index (χ3n) is 3.84. The van der Waals surface area contributed by atoms with E-state index >= 15 is 0 Å². The maximum absolute atomic E-state index is 9.99. The molecule has 0 aromatic heterocycles. The summed E-state index contributed by atoms with van der Waals surface area (Å²) < 4.78 is 5.24. The molecule has 0 bridgehead atoms. The Labute approximate surface area is 103 Å². The highest BCUT2D eigenvalue weighted by Crippen LogP contribution is 2.39. The molecule has 1 heterocycles. The van der Waals surface area contributed by atoms with Gasteiger partial charge in [0.1, 0.15) is 0 Å². The molecule has 0 unspecified atom stereocenters. The molecule has 0 saturated carbocycles. The summed E-state index contributed by atoms with van der Waals surface area (Å²) in [5, 5.41) is 13.4. The fraction of sp³-hybridized carbons (Fsp3) is 0.571. The zero-order chi connectivity index (χ0) is 12.4. The first-order valence-corrected chi connectivity index (χ1v) is 6.23. The lowest BCUT2D eigenvalue weighted by Crippen LogP contribution is -2.27. The SMILES string of the molecule is COc1c(O)cc(C2CCNCC2)c(C)c1C. The van der Waals surface area contributed by atoms with Crippen LogP contribution in [0.3, 0.4) is 0 Å². The monoisotopic (exact) mass is 235 g/mol. The number of phenols is 1. The van der Waals surface area contributed by atoms with Gasteiger partial charge >= 0.3 is 0 Å². The number of methoxy groups -OCH3 is 1. The maximum atomic E-state index is 9.99. The van der Waals surface area contributed by atoms with Crippen LogP contribution in [0.15, 0.2) is 6.07 Å². The van der Waals surface area contributed by atoms with Gasteiger partial charge in [0, 0.05) is 0 Å². The average Bonchev–Trinajstić information content (AvgIpc) is 2.35. The standard InChI is InChI=1S/C14H21NO2/c1-9-10(2)14(17-3)13(16)8-12(9)11-4-6-15-7-5-11/h8,11,15-16H,4-7H2,1-3H3. The molecule has 3 nitrogen and oxygen atoms in total. The summed E-state index contributed by atoms with van der Waals surface area (Å²) in [6, 6.07) is 1.89.